The smallest absolute Gasteiger partial charge is 0.255 e. The van der Waals surface area contributed by atoms with Crippen molar-refractivity contribution in [3.8, 4) is 0 Å². The van der Waals surface area contributed by atoms with E-state index in [9.17, 15) is 9.59 Å². The lowest BCUT2D eigenvalue weighted by atomic mass is 10.1. The molecule has 0 spiro atoms. The molecule has 142 valence electrons. The van der Waals surface area contributed by atoms with Crippen LogP contribution in [0.1, 0.15) is 29.8 Å². The molecule has 3 rings (SSSR count). The van der Waals surface area contributed by atoms with Gasteiger partial charge in [0.15, 0.2) is 0 Å². The van der Waals surface area contributed by atoms with Gasteiger partial charge in [-0.15, -0.1) is 0 Å². The summed E-state index contributed by atoms with van der Waals surface area (Å²) in [5, 5.41) is 8.73. The summed E-state index contributed by atoms with van der Waals surface area (Å²) < 4.78 is 0. The van der Waals surface area contributed by atoms with Crippen LogP contribution in [0.5, 0.6) is 0 Å². The highest BCUT2D eigenvalue weighted by molar-refractivity contribution is 6.05. The van der Waals surface area contributed by atoms with E-state index in [1.165, 1.54) is 12.5 Å². The number of aryl methyl sites for hydroxylation is 1. The molecule has 0 radical (unpaired) electrons. The molecule has 6 heteroatoms. The monoisotopic (exact) mass is 374 g/mol. The van der Waals surface area contributed by atoms with Gasteiger partial charge in [-0.2, -0.15) is 0 Å². The van der Waals surface area contributed by atoms with E-state index in [1.807, 2.05) is 12.1 Å². The molecular formula is C22H22N4O2. The molecule has 3 aromatic rings. The molecule has 3 N–H and O–H groups in total. The second kappa shape index (κ2) is 8.81. The van der Waals surface area contributed by atoms with Crippen LogP contribution in [0, 0.1) is 0 Å². The van der Waals surface area contributed by atoms with E-state index in [4.69, 9.17) is 0 Å². The zero-order valence-electron chi connectivity index (χ0n) is 15.8. The van der Waals surface area contributed by atoms with E-state index in [-0.39, 0.29) is 11.8 Å². The Morgan fingerprint density at radius 1 is 0.893 bits per heavy atom. The molecule has 0 bridgehead atoms. The topological polar surface area (TPSA) is 83.1 Å². The number of anilines is 4. The fourth-order valence-corrected chi connectivity index (χ4v) is 2.69. The largest absolute Gasteiger partial charge is 0.340 e. The number of nitrogens with one attached hydrogen (secondary N) is 3. The molecule has 0 fully saturated rings. The van der Waals surface area contributed by atoms with Gasteiger partial charge < -0.3 is 16.0 Å². The number of rotatable bonds is 6. The highest BCUT2D eigenvalue weighted by atomic mass is 16.2. The van der Waals surface area contributed by atoms with E-state index < -0.39 is 0 Å². The second-order valence-corrected chi connectivity index (χ2v) is 6.32. The maximum absolute atomic E-state index is 12.6. The lowest BCUT2D eigenvalue weighted by Crippen LogP contribution is -2.13. The van der Waals surface area contributed by atoms with Crippen molar-refractivity contribution in [2.45, 2.75) is 20.3 Å². The van der Waals surface area contributed by atoms with Gasteiger partial charge in [-0.1, -0.05) is 25.1 Å². The number of benzene rings is 2. The van der Waals surface area contributed by atoms with Gasteiger partial charge in [0.25, 0.3) is 5.91 Å². The van der Waals surface area contributed by atoms with Gasteiger partial charge in [-0.05, 0) is 54.4 Å². The normalized spacial score (nSPS) is 10.2. The number of amides is 2. The first-order valence-corrected chi connectivity index (χ1v) is 9.04. The van der Waals surface area contributed by atoms with Crippen molar-refractivity contribution in [2.75, 3.05) is 16.0 Å². The Labute approximate surface area is 164 Å². The van der Waals surface area contributed by atoms with E-state index in [1.54, 1.807) is 42.6 Å². The van der Waals surface area contributed by atoms with Crippen molar-refractivity contribution in [1.82, 2.24) is 4.98 Å². The quantitative estimate of drug-likeness (QED) is 0.589. The van der Waals surface area contributed by atoms with Crippen LogP contribution in [0.25, 0.3) is 0 Å². The summed E-state index contributed by atoms with van der Waals surface area (Å²) in [6.07, 6.45) is 2.57. The molecule has 28 heavy (non-hydrogen) atoms. The van der Waals surface area contributed by atoms with Gasteiger partial charge in [0.2, 0.25) is 5.91 Å². The molecule has 0 unspecified atom stereocenters. The summed E-state index contributed by atoms with van der Waals surface area (Å²) in [6, 6.07) is 18.4. The second-order valence-electron chi connectivity index (χ2n) is 6.32. The summed E-state index contributed by atoms with van der Waals surface area (Å²) in [5.41, 5.74) is 3.86. The van der Waals surface area contributed by atoms with Crippen molar-refractivity contribution in [1.29, 1.82) is 0 Å². The Balaban J connectivity index is 1.70. The number of pyridine rings is 1. The van der Waals surface area contributed by atoms with E-state index in [2.05, 4.69) is 40.0 Å². The number of nitrogens with zero attached hydrogens (tertiary/aromatic N) is 1. The van der Waals surface area contributed by atoms with Gasteiger partial charge in [0.1, 0.15) is 5.82 Å². The molecule has 2 amide bonds. The molecule has 1 aromatic heterocycles. The lowest BCUT2D eigenvalue weighted by molar-refractivity contribution is -0.114. The minimum atomic E-state index is -0.258. The number of hydrogen-bond acceptors (Lipinski definition) is 4. The van der Waals surface area contributed by atoms with Gasteiger partial charge >= 0.3 is 0 Å². The molecule has 0 aliphatic rings. The summed E-state index contributed by atoms with van der Waals surface area (Å²) in [7, 11) is 0. The Kier molecular flexibility index (Phi) is 6.01. The van der Waals surface area contributed by atoms with Crippen LogP contribution < -0.4 is 16.0 Å². The van der Waals surface area contributed by atoms with Crippen LogP contribution in [0.3, 0.4) is 0 Å². The van der Waals surface area contributed by atoms with Gasteiger partial charge in [-0.25, -0.2) is 4.98 Å². The molecule has 0 aliphatic heterocycles. The molecule has 0 saturated carbocycles. The third-order valence-electron chi connectivity index (χ3n) is 4.10. The van der Waals surface area contributed by atoms with Crippen LogP contribution in [-0.2, 0) is 11.2 Å². The summed E-state index contributed by atoms with van der Waals surface area (Å²) in [4.78, 5) is 28.0. The summed E-state index contributed by atoms with van der Waals surface area (Å²) in [5.74, 6) is 0.163. The Hall–Kier alpha value is -3.67. The van der Waals surface area contributed by atoms with Gasteiger partial charge in [-0.3, -0.25) is 9.59 Å². The Bertz CT molecular complexity index is 984. The summed E-state index contributed by atoms with van der Waals surface area (Å²) in [6.45, 7) is 3.55. The van der Waals surface area contributed by atoms with Crippen LogP contribution in [-0.4, -0.2) is 16.8 Å². The molecule has 2 aromatic carbocycles. The van der Waals surface area contributed by atoms with Crippen molar-refractivity contribution >= 4 is 34.7 Å². The van der Waals surface area contributed by atoms with Crippen LogP contribution in [0.15, 0.2) is 66.9 Å². The maximum atomic E-state index is 12.6. The average Bonchev–Trinajstić information content (AvgIpc) is 2.68. The van der Waals surface area contributed by atoms with Gasteiger partial charge in [0, 0.05) is 35.7 Å². The molecule has 0 saturated heterocycles. The third-order valence-corrected chi connectivity index (χ3v) is 4.10. The van der Waals surface area contributed by atoms with E-state index >= 15 is 0 Å². The molecular weight excluding hydrogens is 352 g/mol. The van der Waals surface area contributed by atoms with Crippen LogP contribution >= 0.6 is 0 Å². The highest BCUT2D eigenvalue weighted by Gasteiger charge is 2.08. The standard InChI is InChI=1S/C22H22N4O2/c1-3-16-7-9-18(10-8-16)25-21-13-17(11-12-23-21)22(28)26-20-6-4-5-19(14-20)24-15(2)27/h4-14H,3H2,1-2H3,(H,23,25)(H,24,27)(H,26,28). The van der Waals surface area contributed by atoms with Crippen molar-refractivity contribution in [2.24, 2.45) is 0 Å². The first kappa shape index (κ1) is 19.1. The predicted molar refractivity (Wildman–Crippen MR) is 112 cm³/mol. The third kappa shape index (κ3) is 5.17. The summed E-state index contributed by atoms with van der Waals surface area (Å²) >= 11 is 0. The van der Waals surface area contributed by atoms with Crippen molar-refractivity contribution in [3.63, 3.8) is 0 Å². The first-order valence-electron chi connectivity index (χ1n) is 9.04. The number of aromatic nitrogens is 1. The zero-order chi connectivity index (χ0) is 19.9. The number of carbonyl (C=O) groups is 2. The molecule has 6 nitrogen and oxygen atoms in total. The fraction of sp³-hybridized carbons (Fsp3) is 0.136. The maximum Gasteiger partial charge on any atom is 0.255 e. The minimum Gasteiger partial charge on any atom is -0.340 e. The number of hydrogen-bond donors (Lipinski definition) is 3. The van der Waals surface area contributed by atoms with Crippen molar-refractivity contribution < 1.29 is 9.59 Å². The minimum absolute atomic E-state index is 0.166. The highest BCUT2D eigenvalue weighted by Crippen LogP contribution is 2.19. The van der Waals surface area contributed by atoms with Crippen LogP contribution in [0.2, 0.25) is 0 Å². The molecule has 0 atom stereocenters. The Morgan fingerprint density at radius 3 is 2.29 bits per heavy atom. The zero-order valence-corrected chi connectivity index (χ0v) is 15.8. The molecule has 0 aliphatic carbocycles. The van der Waals surface area contributed by atoms with Gasteiger partial charge in [0.05, 0.1) is 0 Å². The lowest BCUT2D eigenvalue weighted by Gasteiger charge is -2.10. The first-order chi connectivity index (χ1) is 13.5. The fourth-order valence-electron chi connectivity index (χ4n) is 2.69. The molecule has 1 heterocycles. The van der Waals surface area contributed by atoms with Crippen LogP contribution in [0.4, 0.5) is 22.9 Å². The van der Waals surface area contributed by atoms with E-state index in [0.29, 0.717) is 22.8 Å². The average molecular weight is 374 g/mol. The van der Waals surface area contributed by atoms with E-state index in [0.717, 1.165) is 12.1 Å². The number of carbonyl (C=O) groups excluding carboxylic acids is 2. The predicted octanol–water partition coefficient (Wildman–Crippen LogP) is 4.60. The SMILES string of the molecule is CCc1ccc(Nc2cc(C(=O)Nc3cccc(NC(C)=O)c3)ccn2)cc1. The Morgan fingerprint density at radius 2 is 1.61 bits per heavy atom. The van der Waals surface area contributed by atoms with Crippen molar-refractivity contribution in [3.05, 3.63) is 78.0 Å².